The third-order valence-electron chi connectivity index (χ3n) is 6.00. The smallest absolute Gasteiger partial charge is 0.262 e. The quantitative estimate of drug-likeness (QED) is 0.351. The van der Waals surface area contributed by atoms with E-state index < -0.39 is 0 Å². The molecule has 0 atom stereocenters. The minimum atomic E-state index is -0.0968. The fraction of sp³-hybridized carbons (Fsp3) is 0.333. The zero-order valence-electron chi connectivity index (χ0n) is 17.5. The van der Waals surface area contributed by atoms with Gasteiger partial charge in [0.1, 0.15) is 5.65 Å². The highest BCUT2D eigenvalue weighted by Crippen LogP contribution is 2.31. The minimum Gasteiger partial charge on any atom is -0.284 e. The molecule has 0 N–H and O–H groups in total. The Hall–Kier alpha value is -2.93. The predicted molar refractivity (Wildman–Crippen MR) is 124 cm³/mol. The van der Waals surface area contributed by atoms with Crippen molar-refractivity contribution >= 4 is 28.3 Å². The fourth-order valence-corrected chi connectivity index (χ4v) is 5.37. The molecule has 0 radical (unpaired) electrons. The number of thioether (sulfide) groups is 1. The molecule has 158 valence electrons. The molecule has 0 amide bonds. The normalized spacial score (nSPS) is 15.0. The second-order valence-electron chi connectivity index (χ2n) is 8.14. The van der Waals surface area contributed by atoms with Gasteiger partial charge >= 0.3 is 0 Å². The molecule has 3 heterocycles. The SMILES string of the molecule is Cc1cccn2c(=O)cc(CSc3nc4ccccc4c(=O)n3C3CCCCC3)nc12. The first-order valence-electron chi connectivity index (χ1n) is 10.7. The summed E-state index contributed by atoms with van der Waals surface area (Å²) < 4.78 is 3.46. The van der Waals surface area contributed by atoms with E-state index in [0.29, 0.717) is 33.2 Å². The first-order chi connectivity index (χ1) is 15.1. The van der Waals surface area contributed by atoms with Crippen molar-refractivity contribution < 1.29 is 0 Å². The highest BCUT2D eigenvalue weighted by molar-refractivity contribution is 7.98. The lowest BCUT2D eigenvalue weighted by molar-refractivity contribution is 0.326. The molecule has 1 saturated carbocycles. The van der Waals surface area contributed by atoms with E-state index in [1.807, 2.05) is 47.9 Å². The first-order valence-corrected chi connectivity index (χ1v) is 11.7. The van der Waals surface area contributed by atoms with Gasteiger partial charge in [-0.25, -0.2) is 9.97 Å². The molecule has 0 unspecified atom stereocenters. The molecule has 6 nitrogen and oxygen atoms in total. The van der Waals surface area contributed by atoms with Gasteiger partial charge in [-0.2, -0.15) is 0 Å². The van der Waals surface area contributed by atoms with Crippen molar-refractivity contribution in [2.24, 2.45) is 0 Å². The average Bonchev–Trinajstić information content (AvgIpc) is 2.79. The molecular weight excluding hydrogens is 408 g/mol. The molecule has 1 aliphatic rings. The Kier molecular flexibility index (Phi) is 5.36. The predicted octanol–water partition coefficient (Wildman–Crippen LogP) is 4.51. The summed E-state index contributed by atoms with van der Waals surface area (Å²) in [6.45, 7) is 1.95. The van der Waals surface area contributed by atoms with Crippen molar-refractivity contribution in [3.8, 4) is 0 Å². The topological polar surface area (TPSA) is 69.3 Å². The van der Waals surface area contributed by atoms with Crippen LogP contribution in [0, 0.1) is 6.92 Å². The third kappa shape index (κ3) is 3.78. The van der Waals surface area contributed by atoms with Gasteiger partial charge in [-0.05, 0) is 43.5 Å². The Morgan fingerprint density at radius 3 is 2.68 bits per heavy atom. The van der Waals surface area contributed by atoms with Crippen molar-refractivity contribution in [1.29, 1.82) is 0 Å². The van der Waals surface area contributed by atoms with Gasteiger partial charge in [-0.3, -0.25) is 18.6 Å². The van der Waals surface area contributed by atoms with Crippen LogP contribution in [0.4, 0.5) is 0 Å². The number of nitrogens with zero attached hydrogens (tertiary/aromatic N) is 4. The van der Waals surface area contributed by atoms with Gasteiger partial charge < -0.3 is 0 Å². The molecule has 31 heavy (non-hydrogen) atoms. The summed E-state index contributed by atoms with van der Waals surface area (Å²) in [5, 5.41) is 1.37. The minimum absolute atomic E-state index is 0.0300. The lowest BCUT2D eigenvalue weighted by Gasteiger charge is -2.26. The van der Waals surface area contributed by atoms with E-state index in [9.17, 15) is 9.59 Å². The highest BCUT2D eigenvalue weighted by atomic mass is 32.2. The van der Waals surface area contributed by atoms with E-state index in [1.54, 1.807) is 16.7 Å². The van der Waals surface area contributed by atoms with Crippen molar-refractivity contribution in [3.05, 3.63) is 80.6 Å². The molecule has 1 fully saturated rings. The number of aromatic nitrogens is 4. The summed E-state index contributed by atoms with van der Waals surface area (Å²) in [6, 6.07) is 13.1. The monoisotopic (exact) mass is 432 g/mol. The molecule has 3 aromatic heterocycles. The molecular formula is C24H24N4O2S. The highest BCUT2D eigenvalue weighted by Gasteiger charge is 2.22. The summed E-state index contributed by atoms with van der Waals surface area (Å²) in [6.07, 6.45) is 7.23. The van der Waals surface area contributed by atoms with Crippen LogP contribution in [-0.4, -0.2) is 18.9 Å². The van der Waals surface area contributed by atoms with Crippen LogP contribution in [0.1, 0.15) is 49.4 Å². The summed E-state index contributed by atoms with van der Waals surface area (Å²) >= 11 is 1.49. The summed E-state index contributed by atoms with van der Waals surface area (Å²) in [5.74, 6) is 0.484. The summed E-state index contributed by atoms with van der Waals surface area (Å²) in [7, 11) is 0. The number of aryl methyl sites for hydroxylation is 1. The van der Waals surface area contributed by atoms with Gasteiger partial charge in [-0.1, -0.05) is 49.2 Å². The summed E-state index contributed by atoms with van der Waals surface area (Å²) in [4.78, 5) is 35.5. The van der Waals surface area contributed by atoms with Crippen LogP contribution in [0.15, 0.2) is 63.4 Å². The van der Waals surface area contributed by atoms with E-state index >= 15 is 0 Å². The number of pyridine rings is 1. The number of hydrogen-bond donors (Lipinski definition) is 0. The zero-order valence-corrected chi connectivity index (χ0v) is 18.3. The number of benzene rings is 1. The van der Waals surface area contributed by atoms with Crippen molar-refractivity contribution in [2.75, 3.05) is 0 Å². The Bertz CT molecular complexity index is 1390. The van der Waals surface area contributed by atoms with E-state index in [4.69, 9.17) is 9.97 Å². The molecule has 1 aromatic carbocycles. The lowest BCUT2D eigenvalue weighted by atomic mass is 9.95. The number of para-hydroxylation sites is 1. The molecule has 0 aliphatic heterocycles. The molecule has 0 spiro atoms. The van der Waals surface area contributed by atoms with E-state index in [0.717, 1.165) is 31.2 Å². The third-order valence-corrected chi connectivity index (χ3v) is 6.99. The van der Waals surface area contributed by atoms with E-state index in [1.165, 1.54) is 18.2 Å². The maximum absolute atomic E-state index is 13.4. The van der Waals surface area contributed by atoms with Crippen LogP contribution in [0.2, 0.25) is 0 Å². The molecule has 0 saturated heterocycles. The largest absolute Gasteiger partial charge is 0.284 e. The van der Waals surface area contributed by atoms with Gasteiger partial charge in [0, 0.05) is 24.1 Å². The van der Waals surface area contributed by atoms with Crippen molar-refractivity contribution in [3.63, 3.8) is 0 Å². The number of hydrogen-bond acceptors (Lipinski definition) is 5. The van der Waals surface area contributed by atoms with Gasteiger partial charge in [0.05, 0.1) is 16.6 Å². The van der Waals surface area contributed by atoms with Crippen LogP contribution >= 0.6 is 11.8 Å². The summed E-state index contributed by atoms with van der Waals surface area (Å²) in [5.41, 5.74) is 2.96. The van der Waals surface area contributed by atoms with E-state index in [-0.39, 0.29) is 17.2 Å². The second-order valence-corrected chi connectivity index (χ2v) is 9.08. The Morgan fingerprint density at radius 2 is 1.84 bits per heavy atom. The zero-order chi connectivity index (χ0) is 21.4. The van der Waals surface area contributed by atoms with Gasteiger partial charge in [-0.15, -0.1) is 0 Å². The molecule has 1 aliphatic carbocycles. The molecule has 4 aromatic rings. The Balaban J connectivity index is 1.56. The Morgan fingerprint density at radius 1 is 1.03 bits per heavy atom. The lowest BCUT2D eigenvalue weighted by Crippen LogP contribution is -2.29. The second kappa shape index (κ2) is 8.30. The molecule has 5 rings (SSSR count). The van der Waals surface area contributed by atoms with Crippen molar-refractivity contribution in [1.82, 2.24) is 18.9 Å². The van der Waals surface area contributed by atoms with E-state index in [2.05, 4.69) is 0 Å². The fourth-order valence-electron chi connectivity index (χ4n) is 4.41. The Labute approximate surface area is 184 Å². The standard InChI is InChI=1S/C24H24N4O2S/c1-16-8-7-13-27-21(29)14-17(25-22(16)27)15-31-24-26-20-12-6-5-11-19(20)23(30)28(24)18-9-3-2-4-10-18/h5-8,11-14,18H,2-4,9-10,15H2,1H3. The van der Waals surface area contributed by atoms with Crippen LogP contribution in [0.25, 0.3) is 16.6 Å². The van der Waals surface area contributed by atoms with Crippen molar-refractivity contribution in [2.45, 2.75) is 56.0 Å². The average molecular weight is 433 g/mol. The van der Waals surface area contributed by atoms with Crippen LogP contribution in [0.5, 0.6) is 0 Å². The number of rotatable bonds is 4. The maximum atomic E-state index is 13.4. The van der Waals surface area contributed by atoms with Crippen LogP contribution in [0.3, 0.4) is 0 Å². The molecule has 0 bridgehead atoms. The van der Waals surface area contributed by atoms with Gasteiger partial charge in [0.15, 0.2) is 5.16 Å². The number of fused-ring (bicyclic) bond motifs is 2. The van der Waals surface area contributed by atoms with Gasteiger partial charge in [0.2, 0.25) is 0 Å². The first kappa shape index (κ1) is 20.0. The van der Waals surface area contributed by atoms with Crippen LogP contribution < -0.4 is 11.1 Å². The maximum Gasteiger partial charge on any atom is 0.262 e. The molecule has 7 heteroatoms. The van der Waals surface area contributed by atoms with Gasteiger partial charge in [0.25, 0.3) is 11.1 Å². The van der Waals surface area contributed by atoms with Crippen LogP contribution in [-0.2, 0) is 5.75 Å².